The van der Waals surface area contributed by atoms with E-state index < -0.39 is 39.9 Å². The lowest BCUT2D eigenvalue weighted by Crippen LogP contribution is -2.55. The number of nitrogens with zero attached hydrogens (tertiary/aromatic N) is 2. The molecule has 1 N–H and O–H groups in total. The van der Waals surface area contributed by atoms with E-state index >= 15 is 0 Å². The van der Waals surface area contributed by atoms with Crippen LogP contribution in [0.2, 0.25) is 5.02 Å². The quantitative estimate of drug-likeness (QED) is 0.329. The first-order chi connectivity index (χ1) is 18.7. The molecule has 2 amide bonds. The maximum Gasteiger partial charge on any atom is 0.264 e. The number of carbonyl (C=O) groups is 2. The number of hydrogen-bond donors (Lipinski definition) is 1. The molecular weight excluding hydrogens is 553 g/mol. The highest BCUT2D eigenvalue weighted by molar-refractivity contribution is 7.92. The number of carbonyl (C=O) groups excluding carboxylic acids is 2. The number of aryl methyl sites for hydroxylation is 1. The molecule has 0 aliphatic carbocycles. The second kappa shape index (κ2) is 12.8. The Bertz CT molecular complexity index is 1440. The molecule has 10 heteroatoms. The number of amides is 2. The number of rotatable bonds is 10. The van der Waals surface area contributed by atoms with Gasteiger partial charge in [-0.1, -0.05) is 54.9 Å². The highest BCUT2D eigenvalue weighted by atomic mass is 35.5. The summed E-state index contributed by atoms with van der Waals surface area (Å²) in [5, 5.41) is 3.22. The molecule has 7 nitrogen and oxygen atoms in total. The molecule has 0 radical (unpaired) electrons. The summed E-state index contributed by atoms with van der Waals surface area (Å²) in [5.74, 6) is -1.41. The van der Waals surface area contributed by atoms with Crippen molar-refractivity contribution in [2.75, 3.05) is 10.8 Å². The Morgan fingerprint density at radius 2 is 1.62 bits per heavy atom. The van der Waals surface area contributed by atoms with Gasteiger partial charge in [0.15, 0.2) is 0 Å². The molecule has 0 bridgehead atoms. The minimum Gasteiger partial charge on any atom is -0.350 e. The topological polar surface area (TPSA) is 86.8 Å². The average molecular weight is 588 g/mol. The highest BCUT2D eigenvalue weighted by Crippen LogP contribution is 2.30. The standard InChI is InChI=1S/C30H35ClFN3O4S/c1-6-26(29(37)33-30(3,4)5)34(19-22-13-16-24(32)17-14-22)28(36)20-35(27-18-23(31)15-12-21(27)2)40(38,39)25-10-8-7-9-11-25/h7-18,26H,6,19-20H2,1-5H3,(H,33,37). The Hall–Kier alpha value is -3.43. The van der Waals surface area contributed by atoms with Crippen LogP contribution in [0.15, 0.2) is 77.7 Å². The predicted molar refractivity (Wildman–Crippen MR) is 156 cm³/mol. The number of sulfonamides is 1. The van der Waals surface area contributed by atoms with Gasteiger partial charge in [0.1, 0.15) is 18.4 Å². The smallest absolute Gasteiger partial charge is 0.264 e. The third kappa shape index (κ3) is 7.82. The van der Waals surface area contributed by atoms with Crippen molar-refractivity contribution in [2.24, 2.45) is 0 Å². The van der Waals surface area contributed by atoms with Crippen LogP contribution in [0.1, 0.15) is 45.2 Å². The van der Waals surface area contributed by atoms with E-state index in [1.54, 1.807) is 44.2 Å². The molecule has 0 saturated heterocycles. The molecule has 0 fully saturated rings. The molecule has 214 valence electrons. The molecule has 0 saturated carbocycles. The van der Waals surface area contributed by atoms with Gasteiger partial charge in [0, 0.05) is 17.1 Å². The van der Waals surface area contributed by atoms with E-state index in [9.17, 15) is 22.4 Å². The van der Waals surface area contributed by atoms with E-state index in [2.05, 4.69) is 5.32 Å². The van der Waals surface area contributed by atoms with E-state index in [1.165, 1.54) is 47.4 Å². The first-order valence-electron chi connectivity index (χ1n) is 12.9. The Labute approximate surface area is 241 Å². The van der Waals surface area contributed by atoms with Crippen molar-refractivity contribution in [1.82, 2.24) is 10.2 Å². The van der Waals surface area contributed by atoms with Crippen molar-refractivity contribution in [3.63, 3.8) is 0 Å². The van der Waals surface area contributed by atoms with Gasteiger partial charge in [0.25, 0.3) is 10.0 Å². The Kier molecular flexibility index (Phi) is 9.97. The fraction of sp³-hybridized carbons (Fsp3) is 0.333. The highest BCUT2D eigenvalue weighted by Gasteiger charge is 2.35. The van der Waals surface area contributed by atoms with Crippen LogP contribution in [0.25, 0.3) is 0 Å². The van der Waals surface area contributed by atoms with Gasteiger partial charge in [0.2, 0.25) is 11.8 Å². The van der Waals surface area contributed by atoms with Crippen LogP contribution < -0.4 is 9.62 Å². The second-order valence-electron chi connectivity index (χ2n) is 10.6. The molecule has 0 aliphatic rings. The number of anilines is 1. The fourth-order valence-corrected chi connectivity index (χ4v) is 5.90. The van der Waals surface area contributed by atoms with Crippen LogP contribution in [0, 0.1) is 12.7 Å². The molecule has 3 aromatic rings. The van der Waals surface area contributed by atoms with Crippen molar-refractivity contribution in [3.05, 3.63) is 94.8 Å². The Morgan fingerprint density at radius 3 is 2.20 bits per heavy atom. The Morgan fingerprint density at radius 1 is 1.00 bits per heavy atom. The number of nitrogens with one attached hydrogen (secondary N) is 1. The maximum atomic E-state index is 14.1. The summed E-state index contributed by atoms with van der Waals surface area (Å²) in [7, 11) is -4.20. The first kappa shape index (κ1) is 31.1. The fourth-order valence-electron chi connectivity index (χ4n) is 4.24. The SMILES string of the molecule is CCC(C(=O)NC(C)(C)C)N(Cc1ccc(F)cc1)C(=O)CN(c1cc(Cl)ccc1C)S(=O)(=O)c1ccccc1. The zero-order chi connectivity index (χ0) is 29.7. The molecule has 1 atom stereocenters. The lowest BCUT2D eigenvalue weighted by atomic mass is 10.1. The average Bonchev–Trinajstić information content (AvgIpc) is 2.89. The third-order valence-corrected chi connectivity index (χ3v) is 8.21. The summed E-state index contributed by atoms with van der Waals surface area (Å²) in [4.78, 5) is 28.8. The van der Waals surface area contributed by atoms with Gasteiger partial charge in [0.05, 0.1) is 10.6 Å². The molecular formula is C30H35ClFN3O4S. The lowest BCUT2D eigenvalue weighted by molar-refractivity contribution is -0.141. The number of halogens is 2. The van der Waals surface area contributed by atoms with Gasteiger partial charge < -0.3 is 10.2 Å². The molecule has 0 spiro atoms. The zero-order valence-electron chi connectivity index (χ0n) is 23.3. The van der Waals surface area contributed by atoms with Crippen LogP contribution in [0.4, 0.5) is 10.1 Å². The van der Waals surface area contributed by atoms with Crippen LogP contribution in [-0.2, 0) is 26.2 Å². The van der Waals surface area contributed by atoms with E-state index in [0.717, 1.165) is 4.31 Å². The summed E-state index contributed by atoms with van der Waals surface area (Å²) < 4.78 is 42.4. The van der Waals surface area contributed by atoms with Crippen molar-refractivity contribution in [1.29, 1.82) is 0 Å². The summed E-state index contributed by atoms with van der Waals surface area (Å²) in [6, 6.07) is 17.3. The van der Waals surface area contributed by atoms with Gasteiger partial charge in [-0.3, -0.25) is 13.9 Å². The predicted octanol–water partition coefficient (Wildman–Crippen LogP) is 5.70. The lowest BCUT2D eigenvalue weighted by Gasteiger charge is -2.35. The molecule has 1 unspecified atom stereocenters. The maximum absolute atomic E-state index is 14.1. The summed E-state index contributed by atoms with van der Waals surface area (Å²) in [6.45, 7) is 8.39. The molecule has 3 aromatic carbocycles. The number of benzene rings is 3. The zero-order valence-corrected chi connectivity index (χ0v) is 24.9. The van der Waals surface area contributed by atoms with Crippen LogP contribution in [0.5, 0.6) is 0 Å². The van der Waals surface area contributed by atoms with Crippen LogP contribution in [-0.4, -0.2) is 43.3 Å². The number of hydrogen-bond acceptors (Lipinski definition) is 4. The molecule has 3 rings (SSSR count). The van der Waals surface area contributed by atoms with Crippen molar-refractivity contribution < 1.29 is 22.4 Å². The van der Waals surface area contributed by atoms with E-state index in [0.29, 0.717) is 16.1 Å². The van der Waals surface area contributed by atoms with Crippen LogP contribution >= 0.6 is 11.6 Å². The molecule has 40 heavy (non-hydrogen) atoms. The van der Waals surface area contributed by atoms with Gasteiger partial charge in [-0.05, 0) is 81.6 Å². The molecule has 0 heterocycles. The van der Waals surface area contributed by atoms with E-state index in [1.807, 2.05) is 20.8 Å². The summed E-state index contributed by atoms with van der Waals surface area (Å²) >= 11 is 6.25. The monoisotopic (exact) mass is 587 g/mol. The second-order valence-corrected chi connectivity index (χ2v) is 12.9. The largest absolute Gasteiger partial charge is 0.350 e. The normalized spacial score (nSPS) is 12.5. The Balaban J connectivity index is 2.10. The third-order valence-electron chi connectivity index (χ3n) is 6.20. The van der Waals surface area contributed by atoms with Crippen molar-refractivity contribution in [3.8, 4) is 0 Å². The van der Waals surface area contributed by atoms with Crippen molar-refractivity contribution >= 4 is 39.1 Å². The van der Waals surface area contributed by atoms with Gasteiger partial charge in [-0.15, -0.1) is 0 Å². The molecule has 0 aromatic heterocycles. The van der Waals surface area contributed by atoms with Gasteiger partial charge in [-0.25, -0.2) is 12.8 Å². The van der Waals surface area contributed by atoms with E-state index in [-0.39, 0.29) is 29.5 Å². The van der Waals surface area contributed by atoms with Crippen molar-refractivity contribution in [2.45, 2.75) is 64.1 Å². The summed E-state index contributed by atoms with van der Waals surface area (Å²) in [6.07, 6.45) is 0.274. The minimum absolute atomic E-state index is 0.00442. The van der Waals surface area contributed by atoms with Gasteiger partial charge >= 0.3 is 0 Å². The molecule has 0 aliphatic heterocycles. The first-order valence-corrected chi connectivity index (χ1v) is 14.7. The van der Waals surface area contributed by atoms with Gasteiger partial charge in [-0.2, -0.15) is 0 Å². The minimum atomic E-state index is -4.20. The van der Waals surface area contributed by atoms with Crippen LogP contribution in [0.3, 0.4) is 0 Å². The summed E-state index contributed by atoms with van der Waals surface area (Å²) in [5.41, 5.74) is 0.876. The van der Waals surface area contributed by atoms with E-state index in [4.69, 9.17) is 11.6 Å².